The Morgan fingerprint density at radius 3 is 3.07 bits per heavy atom. The SMILES string of the molecule is CCCCCc1ncc2[nH]cnc2n1. The van der Waals surface area contributed by atoms with Gasteiger partial charge < -0.3 is 4.98 Å². The quantitative estimate of drug-likeness (QED) is 0.751. The number of rotatable bonds is 4. The van der Waals surface area contributed by atoms with Gasteiger partial charge in [0.15, 0.2) is 5.65 Å². The van der Waals surface area contributed by atoms with Crippen LogP contribution in [0.5, 0.6) is 0 Å². The van der Waals surface area contributed by atoms with E-state index in [2.05, 4.69) is 26.9 Å². The molecule has 14 heavy (non-hydrogen) atoms. The first-order valence-corrected chi connectivity index (χ1v) is 5.05. The fourth-order valence-corrected chi connectivity index (χ4v) is 1.42. The lowest BCUT2D eigenvalue weighted by molar-refractivity contribution is 0.695. The van der Waals surface area contributed by atoms with Gasteiger partial charge in [0.1, 0.15) is 11.3 Å². The van der Waals surface area contributed by atoms with Gasteiger partial charge in [0.2, 0.25) is 0 Å². The van der Waals surface area contributed by atoms with Gasteiger partial charge in [-0.3, -0.25) is 0 Å². The van der Waals surface area contributed by atoms with Gasteiger partial charge in [-0.1, -0.05) is 19.8 Å². The number of aryl methyl sites for hydroxylation is 1. The van der Waals surface area contributed by atoms with Crippen molar-refractivity contribution in [2.24, 2.45) is 0 Å². The van der Waals surface area contributed by atoms with Crippen LogP contribution in [0, 0.1) is 0 Å². The highest BCUT2D eigenvalue weighted by Gasteiger charge is 2.00. The number of H-pyrrole nitrogens is 1. The lowest BCUT2D eigenvalue weighted by atomic mass is 10.2. The average Bonchev–Trinajstić information content (AvgIpc) is 2.65. The summed E-state index contributed by atoms with van der Waals surface area (Å²) in [5.74, 6) is 0.901. The molecule has 0 bridgehead atoms. The molecule has 74 valence electrons. The molecule has 2 aromatic heterocycles. The zero-order valence-corrected chi connectivity index (χ0v) is 8.32. The third-order valence-electron chi connectivity index (χ3n) is 2.23. The van der Waals surface area contributed by atoms with Gasteiger partial charge in [0, 0.05) is 6.42 Å². The molecule has 0 saturated heterocycles. The van der Waals surface area contributed by atoms with Crippen LogP contribution in [0.4, 0.5) is 0 Å². The van der Waals surface area contributed by atoms with Gasteiger partial charge in [-0.25, -0.2) is 15.0 Å². The molecule has 0 saturated carbocycles. The van der Waals surface area contributed by atoms with Crippen molar-refractivity contribution in [2.75, 3.05) is 0 Å². The van der Waals surface area contributed by atoms with Gasteiger partial charge in [-0.05, 0) is 6.42 Å². The second-order valence-electron chi connectivity index (χ2n) is 3.38. The first-order chi connectivity index (χ1) is 6.90. The summed E-state index contributed by atoms with van der Waals surface area (Å²) in [6.07, 6.45) is 8.03. The van der Waals surface area contributed by atoms with E-state index in [1.54, 1.807) is 12.5 Å². The monoisotopic (exact) mass is 190 g/mol. The molecule has 0 amide bonds. The van der Waals surface area contributed by atoms with Crippen molar-refractivity contribution >= 4 is 11.2 Å². The molecule has 0 aliphatic carbocycles. The molecule has 0 fully saturated rings. The summed E-state index contributed by atoms with van der Waals surface area (Å²) in [5, 5.41) is 0. The minimum Gasteiger partial charge on any atom is -0.342 e. The molecule has 0 atom stereocenters. The summed E-state index contributed by atoms with van der Waals surface area (Å²) in [6.45, 7) is 2.19. The van der Waals surface area contributed by atoms with Gasteiger partial charge in [-0.15, -0.1) is 0 Å². The van der Waals surface area contributed by atoms with Crippen LogP contribution in [0.2, 0.25) is 0 Å². The molecule has 4 nitrogen and oxygen atoms in total. The highest BCUT2D eigenvalue weighted by atomic mass is 15.0. The maximum Gasteiger partial charge on any atom is 0.180 e. The van der Waals surface area contributed by atoms with Crippen LogP contribution < -0.4 is 0 Å². The molecule has 0 aromatic carbocycles. The number of unbranched alkanes of at least 4 members (excludes halogenated alkanes) is 2. The standard InChI is InChI=1S/C10H14N4/c1-2-3-4-5-9-11-6-8-10(14-9)13-7-12-8/h6-7H,2-5H2,1H3,(H,11,12,13,14). The Morgan fingerprint density at radius 2 is 2.21 bits per heavy atom. The van der Waals surface area contributed by atoms with Crippen LogP contribution in [-0.4, -0.2) is 19.9 Å². The van der Waals surface area contributed by atoms with Crippen molar-refractivity contribution in [3.05, 3.63) is 18.3 Å². The maximum absolute atomic E-state index is 4.35. The summed E-state index contributed by atoms with van der Waals surface area (Å²) in [6, 6.07) is 0. The van der Waals surface area contributed by atoms with E-state index in [0.29, 0.717) is 0 Å². The second kappa shape index (κ2) is 4.17. The first-order valence-electron chi connectivity index (χ1n) is 5.05. The van der Waals surface area contributed by atoms with Crippen LogP contribution in [0.1, 0.15) is 32.0 Å². The van der Waals surface area contributed by atoms with Crippen molar-refractivity contribution in [3.63, 3.8) is 0 Å². The number of imidazole rings is 1. The average molecular weight is 190 g/mol. The van der Waals surface area contributed by atoms with E-state index in [-0.39, 0.29) is 0 Å². The Kier molecular flexibility index (Phi) is 2.72. The molecule has 0 unspecified atom stereocenters. The smallest absolute Gasteiger partial charge is 0.180 e. The number of aromatic nitrogens is 4. The number of nitrogens with one attached hydrogen (secondary N) is 1. The van der Waals surface area contributed by atoms with Gasteiger partial charge in [0.05, 0.1) is 12.5 Å². The van der Waals surface area contributed by atoms with Crippen LogP contribution in [-0.2, 0) is 6.42 Å². The Morgan fingerprint density at radius 1 is 1.29 bits per heavy atom. The summed E-state index contributed by atoms with van der Waals surface area (Å²) < 4.78 is 0. The molecule has 0 spiro atoms. The van der Waals surface area contributed by atoms with Gasteiger partial charge >= 0.3 is 0 Å². The summed E-state index contributed by atoms with van der Waals surface area (Å²) in [4.78, 5) is 15.7. The van der Waals surface area contributed by atoms with Crippen molar-refractivity contribution < 1.29 is 0 Å². The van der Waals surface area contributed by atoms with Crippen molar-refractivity contribution in [3.8, 4) is 0 Å². The summed E-state index contributed by atoms with van der Waals surface area (Å²) in [7, 11) is 0. The van der Waals surface area contributed by atoms with E-state index in [1.165, 1.54) is 12.8 Å². The molecule has 4 heteroatoms. The first kappa shape index (κ1) is 9.12. The predicted molar refractivity (Wildman–Crippen MR) is 54.9 cm³/mol. The molecule has 2 rings (SSSR count). The number of fused-ring (bicyclic) bond motifs is 1. The lowest BCUT2D eigenvalue weighted by Gasteiger charge is -1.97. The van der Waals surface area contributed by atoms with E-state index < -0.39 is 0 Å². The molecule has 0 aliphatic heterocycles. The Balaban J connectivity index is 2.10. The Hall–Kier alpha value is -1.45. The fraction of sp³-hybridized carbons (Fsp3) is 0.500. The molecular formula is C10H14N4. The summed E-state index contributed by atoms with van der Waals surface area (Å²) in [5.41, 5.74) is 1.68. The van der Waals surface area contributed by atoms with E-state index in [0.717, 1.165) is 29.8 Å². The van der Waals surface area contributed by atoms with Crippen LogP contribution in [0.3, 0.4) is 0 Å². The van der Waals surface area contributed by atoms with E-state index in [4.69, 9.17) is 0 Å². The molecule has 0 radical (unpaired) electrons. The van der Waals surface area contributed by atoms with E-state index in [1.807, 2.05) is 0 Å². The van der Waals surface area contributed by atoms with Gasteiger partial charge in [-0.2, -0.15) is 0 Å². The third kappa shape index (κ3) is 1.89. The Bertz CT molecular complexity index is 407. The molecule has 2 aromatic rings. The second-order valence-corrected chi connectivity index (χ2v) is 3.38. The highest BCUT2D eigenvalue weighted by Crippen LogP contribution is 2.06. The Labute approximate surface area is 82.8 Å². The van der Waals surface area contributed by atoms with E-state index in [9.17, 15) is 0 Å². The van der Waals surface area contributed by atoms with Crippen molar-refractivity contribution in [2.45, 2.75) is 32.6 Å². The molecular weight excluding hydrogens is 176 g/mol. The predicted octanol–water partition coefficient (Wildman–Crippen LogP) is 2.09. The topological polar surface area (TPSA) is 54.5 Å². The molecule has 0 aliphatic rings. The van der Waals surface area contributed by atoms with Crippen molar-refractivity contribution in [1.29, 1.82) is 0 Å². The number of nitrogens with zero attached hydrogens (tertiary/aromatic N) is 3. The zero-order chi connectivity index (χ0) is 9.80. The van der Waals surface area contributed by atoms with Crippen LogP contribution >= 0.6 is 0 Å². The number of hydrogen-bond acceptors (Lipinski definition) is 3. The van der Waals surface area contributed by atoms with Crippen LogP contribution in [0.15, 0.2) is 12.5 Å². The largest absolute Gasteiger partial charge is 0.342 e. The minimum atomic E-state index is 0.770. The highest BCUT2D eigenvalue weighted by molar-refractivity contribution is 5.67. The minimum absolute atomic E-state index is 0.770. The number of aromatic amines is 1. The van der Waals surface area contributed by atoms with E-state index >= 15 is 0 Å². The maximum atomic E-state index is 4.35. The zero-order valence-electron chi connectivity index (χ0n) is 8.32. The summed E-state index contributed by atoms with van der Waals surface area (Å²) >= 11 is 0. The lowest BCUT2D eigenvalue weighted by Crippen LogP contribution is -1.94. The molecule has 2 heterocycles. The third-order valence-corrected chi connectivity index (χ3v) is 2.23. The number of hydrogen-bond donors (Lipinski definition) is 1. The van der Waals surface area contributed by atoms with Crippen molar-refractivity contribution in [1.82, 2.24) is 19.9 Å². The van der Waals surface area contributed by atoms with Gasteiger partial charge in [0.25, 0.3) is 0 Å². The fourth-order valence-electron chi connectivity index (χ4n) is 1.42. The molecule has 1 N–H and O–H groups in total. The van der Waals surface area contributed by atoms with Crippen LogP contribution in [0.25, 0.3) is 11.2 Å². The normalized spacial score (nSPS) is 10.9.